The molecule has 1 aromatic heterocycles. The molecule has 1 rings (SSSR count). The van der Waals surface area contributed by atoms with Gasteiger partial charge in [-0.05, 0) is 47.2 Å². The van der Waals surface area contributed by atoms with E-state index in [0.717, 1.165) is 17.3 Å². The maximum atomic E-state index is 10.7. The Hall–Kier alpha value is -0.350. The largest absolute Gasteiger partial charge is 0.481 e. The molecule has 0 saturated carbocycles. The summed E-state index contributed by atoms with van der Waals surface area (Å²) in [5.74, 6) is -0.716. The van der Waals surface area contributed by atoms with Gasteiger partial charge in [0.05, 0.1) is 6.42 Å². The molecule has 0 radical (unpaired) electrons. The summed E-state index contributed by atoms with van der Waals surface area (Å²) < 4.78 is 1.15. The van der Waals surface area contributed by atoms with Crippen molar-refractivity contribution in [1.82, 2.24) is 0 Å². The number of rotatable bonds is 5. The topological polar surface area (TPSA) is 37.3 Å². The molecule has 0 saturated heterocycles. The Kier molecular flexibility index (Phi) is 4.56. The van der Waals surface area contributed by atoms with E-state index in [-0.39, 0.29) is 11.8 Å². The Balaban J connectivity index is 2.57. The Labute approximate surface area is 109 Å². The Bertz CT molecular complexity index is 382. The number of carboxylic acid groups (broad SMARTS) is 1. The summed E-state index contributed by atoms with van der Waals surface area (Å²) in [5, 5.41) is 8.80. The first-order valence-electron chi connectivity index (χ1n) is 5.27. The van der Waals surface area contributed by atoms with E-state index in [0.29, 0.717) is 0 Å². The molecule has 16 heavy (non-hydrogen) atoms. The molecule has 1 aromatic rings. The average Bonchev–Trinajstić information content (AvgIpc) is 2.39. The fraction of sp³-hybridized carbons (Fsp3) is 0.583. The van der Waals surface area contributed by atoms with E-state index in [9.17, 15) is 4.79 Å². The third-order valence-electron chi connectivity index (χ3n) is 2.54. The van der Waals surface area contributed by atoms with Gasteiger partial charge in [0.2, 0.25) is 0 Å². The minimum Gasteiger partial charge on any atom is -0.481 e. The highest BCUT2D eigenvalue weighted by Crippen LogP contribution is 2.32. The molecule has 0 amide bonds. The quantitative estimate of drug-likeness (QED) is 0.883. The third kappa shape index (κ3) is 4.26. The second-order valence-corrected chi connectivity index (χ2v) is 7.06. The number of aliphatic carboxylic acids is 1. The van der Waals surface area contributed by atoms with Crippen molar-refractivity contribution in [3.8, 4) is 0 Å². The molecular formula is C12H17BrO2S. The summed E-state index contributed by atoms with van der Waals surface area (Å²) >= 11 is 5.31. The summed E-state index contributed by atoms with van der Waals surface area (Å²) in [7, 11) is 0. The first-order valence-corrected chi connectivity index (χ1v) is 6.88. The van der Waals surface area contributed by atoms with Crippen LogP contribution in [0.25, 0.3) is 0 Å². The van der Waals surface area contributed by atoms with Crippen LogP contribution in [0.1, 0.15) is 36.4 Å². The van der Waals surface area contributed by atoms with Gasteiger partial charge >= 0.3 is 5.97 Å². The molecule has 0 atom stereocenters. The van der Waals surface area contributed by atoms with Crippen molar-refractivity contribution in [1.29, 1.82) is 0 Å². The fourth-order valence-electron chi connectivity index (χ4n) is 1.65. The fourth-order valence-corrected chi connectivity index (χ4v) is 3.51. The van der Waals surface area contributed by atoms with Crippen molar-refractivity contribution in [3.63, 3.8) is 0 Å². The van der Waals surface area contributed by atoms with Gasteiger partial charge in [-0.1, -0.05) is 13.8 Å². The minimum absolute atomic E-state index is 0.136. The summed E-state index contributed by atoms with van der Waals surface area (Å²) in [6.45, 7) is 6.10. The van der Waals surface area contributed by atoms with Crippen molar-refractivity contribution in [2.45, 2.75) is 40.0 Å². The third-order valence-corrected chi connectivity index (χ3v) is 4.62. The smallest absolute Gasteiger partial charge is 0.303 e. The number of thiophene rings is 1. The van der Waals surface area contributed by atoms with E-state index in [4.69, 9.17) is 5.11 Å². The Morgan fingerprint density at radius 3 is 2.62 bits per heavy atom. The normalized spacial score (nSPS) is 11.8. The summed E-state index contributed by atoms with van der Waals surface area (Å²) in [6, 6.07) is 2.12. The Morgan fingerprint density at radius 2 is 2.19 bits per heavy atom. The molecular weight excluding hydrogens is 288 g/mol. The number of aryl methyl sites for hydroxylation is 2. The number of halogens is 1. The van der Waals surface area contributed by atoms with Crippen LogP contribution >= 0.6 is 27.3 Å². The van der Waals surface area contributed by atoms with Gasteiger partial charge in [0, 0.05) is 14.2 Å². The summed E-state index contributed by atoms with van der Waals surface area (Å²) in [6.07, 6.45) is 2.08. The van der Waals surface area contributed by atoms with Crippen LogP contribution in [-0.4, -0.2) is 11.1 Å². The van der Waals surface area contributed by atoms with Crippen LogP contribution in [-0.2, 0) is 11.2 Å². The van der Waals surface area contributed by atoms with Crippen LogP contribution in [0.5, 0.6) is 0 Å². The molecule has 4 heteroatoms. The Morgan fingerprint density at radius 1 is 1.56 bits per heavy atom. The first kappa shape index (κ1) is 13.7. The molecule has 90 valence electrons. The highest BCUT2D eigenvalue weighted by Gasteiger charge is 2.22. The van der Waals surface area contributed by atoms with Crippen LogP contribution in [0.3, 0.4) is 0 Å². The van der Waals surface area contributed by atoms with Crippen LogP contribution in [0.2, 0.25) is 0 Å². The van der Waals surface area contributed by atoms with E-state index >= 15 is 0 Å². The molecule has 1 heterocycles. The van der Waals surface area contributed by atoms with Gasteiger partial charge in [-0.2, -0.15) is 0 Å². The second kappa shape index (κ2) is 5.32. The molecule has 0 bridgehead atoms. The highest BCUT2D eigenvalue weighted by atomic mass is 79.9. The lowest BCUT2D eigenvalue weighted by Gasteiger charge is -2.21. The van der Waals surface area contributed by atoms with Crippen LogP contribution in [0, 0.1) is 12.3 Å². The van der Waals surface area contributed by atoms with Gasteiger partial charge in [-0.15, -0.1) is 11.3 Å². The molecule has 0 unspecified atom stereocenters. The van der Waals surface area contributed by atoms with Gasteiger partial charge < -0.3 is 5.11 Å². The number of carboxylic acids is 1. The summed E-state index contributed by atoms with van der Waals surface area (Å²) in [5.41, 5.74) is -0.136. The molecule has 1 N–H and O–H groups in total. The zero-order valence-corrected chi connectivity index (χ0v) is 12.2. The molecule has 0 aromatic carbocycles. The maximum Gasteiger partial charge on any atom is 0.303 e. The van der Waals surface area contributed by atoms with Gasteiger partial charge in [-0.3, -0.25) is 4.79 Å². The van der Waals surface area contributed by atoms with E-state index in [2.05, 4.69) is 28.9 Å². The van der Waals surface area contributed by atoms with Crippen LogP contribution in [0.15, 0.2) is 10.5 Å². The molecule has 0 aliphatic rings. The zero-order chi connectivity index (χ0) is 12.3. The van der Waals surface area contributed by atoms with E-state index in [1.807, 2.05) is 13.8 Å². The van der Waals surface area contributed by atoms with Gasteiger partial charge in [0.25, 0.3) is 0 Å². The highest BCUT2D eigenvalue weighted by molar-refractivity contribution is 9.10. The van der Waals surface area contributed by atoms with Gasteiger partial charge in [0.15, 0.2) is 0 Å². The average molecular weight is 305 g/mol. The number of carbonyl (C=O) groups is 1. The molecule has 0 aliphatic carbocycles. The molecule has 0 fully saturated rings. The predicted octanol–water partition coefficient (Wildman–Crippen LogP) is 4.25. The van der Waals surface area contributed by atoms with E-state index in [1.165, 1.54) is 9.75 Å². The maximum absolute atomic E-state index is 10.7. The van der Waals surface area contributed by atoms with Crippen molar-refractivity contribution < 1.29 is 9.90 Å². The molecule has 2 nitrogen and oxygen atoms in total. The standard InChI is InChI=1S/C12H17BrO2S/c1-8-6-9(13)10(16-8)4-5-12(2,3)7-11(14)15/h6H,4-5,7H2,1-3H3,(H,14,15). The minimum atomic E-state index is -0.716. The van der Waals surface area contributed by atoms with E-state index in [1.54, 1.807) is 11.3 Å². The van der Waals surface area contributed by atoms with E-state index < -0.39 is 5.97 Å². The molecule has 0 aliphatic heterocycles. The SMILES string of the molecule is Cc1cc(Br)c(CCC(C)(C)CC(=O)O)s1. The number of hydrogen-bond acceptors (Lipinski definition) is 2. The predicted molar refractivity (Wildman–Crippen MR) is 71.1 cm³/mol. The van der Waals surface area contributed by atoms with Gasteiger partial charge in [0.1, 0.15) is 0 Å². The van der Waals surface area contributed by atoms with Crippen molar-refractivity contribution >= 4 is 33.2 Å². The van der Waals surface area contributed by atoms with Crippen LogP contribution < -0.4 is 0 Å². The van der Waals surface area contributed by atoms with Crippen LogP contribution in [0.4, 0.5) is 0 Å². The van der Waals surface area contributed by atoms with Gasteiger partial charge in [-0.25, -0.2) is 0 Å². The van der Waals surface area contributed by atoms with Crippen molar-refractivity contribution in [2.24, 2.45) is 5.41 Å². The lowest BCUT2D eigenvalue weighted by atomic mass is 9.84. The second-order valence-electron chi connectivity index (χ2n) is 4.86. The monoisotopic (exact) mass is 304 g/mol. The van der Waals surface area contributed by atoms with Crippen molar-refractivity contribution in [3.05, 3.63) is 20.3 Å². The lowest BCUT2D eigenvalue weighted by molar-refractivity contribution is -0.139. The number of hydrogen-bond donors (Lipinski definition) is 1. The molecule has 0 spiro atoms. The van der Waals surface area contributed by atoms with Crippen molar-refractivity contribution in [2.75, 3.05) is 0 Å². The summed E-state index contributed by atoms with van der Waals surface area (Å²) in [4.78, 5) is 13.3. The first-order chi connectivity index (χ1) is 7.30. The zero-order valence-electron chi connectivity index (χ0n) is 9.84. The lowest BCUT2D eigenvalue weighted by Crippen LogP contribution is -2.17.